The molecule has 1 aliphatic carbocycles. The molecule has 1 atom stereocenters. The van der Waals surface area contributed by atoms with Gasteiger partial charge in [0.25, 0.3) is 5.91 Å². The van der Waals surface area contributed by atoms with E-state index in [-0.39, 0.29) is 41.6 Å². The highest BCUT2D eigenvalue weighted by molar-refractivity contribution is 7.91. The van der Waals surface area contributed by atoms with E-state index in [1.54, 1.807) is 30.3 Å². The number of rotatable bonds is 9. The van der Waals surface area contributed by atoms with Gasteiger partial charge in [0.15, 0.2) is 14.8 Å². The molecule has 1 aromatic heterocycles. The van der Waals surface area contributed by atoms with Crippen molar-refractivity contribution in [2.24, 2.45) is 11.8 Å². The predicted molar refractivity (Wildman–Crippen MR) is 147 cm³/mol. The number of benzene rings is 2. The molecule has 0 bridgehead atoms. The van der Waals surface area contributed by atoms with Crippen molar-refractivity contribution in [3.8, 4) is 6.07 Å². The summed E-state index contributed by atoms with van der Waals surface area (Å²) in [4.78, 5) is 21.2. The first-order valence-corrected chi connectivity index (χ1v) is 15.6. The van der Waals surface area contributed by atoms with Gasteiger partial charge < -0.3 is 5.32 Å². The Morgan fingerprint density at radius 2 is 1.92 bits per heavy atom. The van der Waals surface area contributed by atoms with Crippen molar-refractivity contribution >= 4 is 27.1 Å². The molecule has 0 saturated heterocycles. The second-order valence-electron chi connectivity index (χ2n) is 10.8. The van der Waals surface area contributed by atoms with Crippen LogP contribution in [-0.2, 0) is 29.5 Å². The predicted octanol–water partition coefficient (Wildman–Crippen LogP) is 5.37. The van der Waals surface area contributed by atoms with Gasteiger partial charge in [0, 0.05) is 24.5 Å². The summed E-state index contributed by atoms with van der Waals surface area (Å²) in [5.41, 5.74) is 2.51. The first-order chi connectivity index (χ1) is 18.6. The molecule has 39 heavy (non-hydrogen) atoms. The van der Waals surface area contributed by atoms with E-state index >= 15 is 0 Å². The van der Waals surface area contributed by atoms with Crippen molar-refractivity contribution in [1.29, 1.82) is 5.26 Å². The third kappa shape index (κ3) is 5.91. The molecule has 0 radical (unpaired) electrons. The summed E-state index contributed by atoms with van der Waals surface area (Å²) in [7, 11) is -3.28. The highest BCUT2D eigenvalue weighted by Gasteiger charge is 2.36. The minimum absolute atomic E-state index is 0.00839. The maximum Gasteiger partial charge on any atom is 0.280 e. The molecule has 2 heterocycles. The lowest BCUT2D eigenvalue weighted by Crippen LogP contribution is -2.27. The molecule has 0 unspecified atom stereocenters. The summed E-state index contributed by atoms with van der Waals surface area (Å²) in [5, 5.41) is 12.3. The van der Waals surface area contributed by atoms with Gasteiger partial charge in [-0.15, -0.1) is 11.3 Å². The third-order valence-corrected chi connectivity index (χ3v) is 10.5. The number of hydrogen-bond acceptors (Lipinski definition) is 7. The molecule has 1 aliphatic heterocycles. The van der Waals surface area contributed by atoms with Crippen molar-refractivity contribution in [1.82, 2.24) is 15.2 Å². The standard InChI is InChI=1S/C29H31FN4O3S2/c1-18(2)27-26-25(16-34(27)15-21-6-9-22(13-31)24(30)12-21)38-29(33-26)28(35)32-14-19-7-10-23(11-8-19)39(36,37)17-20-4-3-5-20/h6-12,18,20,27H,3-5,14-17H2,1-2H3,(H,32,35)/t27-/m0/s1. The van der Waals surface area contributed by atoms with E-state index in [0.717, 1.165) is 41.0 Å². The number of hydrogen-bond donors (Lipinski definition) is 1. The van der Waals surface area contributed by atoms with Crippen LogP contribution in [0.4, 0.5) is 4.39 Å². The van der Waals surface area contributed by atoms with Crippen molar-refractivity contribution in [3.05, 3.63) is 80.6 Å². The number of nitriles is 1. The summed E-state index contributed by atoms with van der Waals surface area (Å²) >= 11 is 1.37. The lowest BCUT2D eigenvalue weighted by Gasteiger charge is -2.27. The van der Waals surface area contributed by atoms with Crippen LogP contribution in [-0.4, -0.2) is 30.0 Å². The Labute approximate surface area is 232 Å². The van der Waals surface area contributed by atoms with E-state index in [9.17, 15) is 17.6 Å². The highest BCUT2D eigenvalue weighted by Crippen LogP contribution is 2.42. The summed E-state index contributed by atoms with van der Waals surface area (Å²) in [6.07, 6.45) is 3.07. The lowest BCUT2D eigenvalue weighted by molar-refractivity contribution is 0.0949. The lowest BCUT2D eigenvalue weighted by atomic mass is 9.87. The van der Waals surface area contributed by atoms with Crippen LogP contribution in [0, 0.1) is 29.0 Å². The molecule has 1 amide bonds. The van der Waals surface area contributed by atoms with Crippen LogP contribution in [0.1, 0.15) is 76.2 Å². The van der Waals surface area contributed by atoms with Gasteiger partial charge in [-0.05, 0) is 60.1 Å². The second kappa shape index (κ2) is 11.2. The minimum atomic E-state index is -3.28. The zero-order chi connectivity index (χ0) is 27.7. The topological polar surface area (TPSA) is 103 Å². The number of amides is 1. The van der Waals surface area contributed by atoms with Gasteiger partial charge in [-0.3, -0.25) is 9.69 Å². The zero-order valence-corrected chi connectivity index (χ0v) is 23.6. The van der Waals surface area contributed by atoms with E-state index in [4.69, 9.17) is 10.2 Å². The summed E-state index contributed by atoms with van der Waals surface area (Å²) in [6.45, 7) is 5.60. The first kappa shape index (κ1) is 27.4. The molecule has 3 aromatic rings. The Balaban J connectivity index is 1.21. The summed E-state index contributed by atoms with van der Waals surface area (Å²) < 4.78 is 39.3. The van der Waals surface area contributed by atoms with E-state index in [1.165, 1.54) is 23.5 Å². The molecule has 5 rings (SSSR count). The minimum Gasteiger partial charge on any atom is -0.346 e. The molecule has 1 N–H and O–H groups in total. The molecule has 7 nitrogen and oxygen atoms in total. The Hall–Kier alpha value is -3.13. The van der Waals surface area contributed by atoms with Gasteiger partial charge in [0.1, 0.15) is 11.9 Å². The van der Waals surface area contributed by atoms with E-state index in [1.807, 2.05) is 6.07 Å². The average molecular weight is 567 g/mol. The van der Waals surface area contributed by atoms with E-state index in [2.05, 4.69) is 24.1 Å². The highest BCUT2D eigenvalue weighted by atomic mass is 32.2. The Morgan fingerprint density at radius 1 is 1.21 bits per heavy atom. The van der Waals surface area contributed by atoms with Crippen LogP contribution in [0.5, 0.6) is 0 Å². The summed E-state index contributed by atoms with van der Waals surface area (Å²) in [5.74, 6) is -0.0788. The molecular weight excluding hydrogens is 535 g/mol. The van der Waals surface area contributed by atoms with E-state index < -0.39 is 15.7 Å². The monoisotopic (exact) mass is 566 g/mol. The number of nitrogens with zero attached hydrogens (tertiary/aromatic N) is 3. The molecule has 2 aliphatic rings. The molecular formula is C29H31FN4O3S2. The number of halogens is 1. The van der Waals surface area contributed by atoms with Crippen LogP contribution in [0.2, 0.25) is 0 Å². The number of carbonyl (C=O) groups is 1. The number of sulfone groups is 1. The number of carbonyl (C=O) groups excluding carboxylic acids is 1. The SMILES string of the molecule is CC(C)[C@H]1c2nc(C(=O)NCc3ccc(S(=O)(=O)CC4CCC4)cc3)sc2CN1Cc1ccc(C#N)c(F)c1. The zero-order valence-electron chi connectivity index (χ0n) is 22.0. The number of nitrogens with one attached hydrogen (secondary N) is 1. The van der Waals surface area contributed by atoms with Crippen molar-refractivity contribution in [2.45, 2.75) is 63.7 Å². The van der Waals surface area contributed by atoms with Crippen molar-refractivity contribution in [3.63, 3.8) is 0 Å². The van der Waals surface area contributed by atoms with Gasteiger partial charge in [0.2, 0.25) is 0 Å². The average Bonchev–Trinajstić information content (AvgIpc) is 3.43. The van der Waals surface area contributed by atoms with Gasteiger partial charge in [0.05, 0.1) is 27.9 Å². The smallest absolute Gasteiger partial charge is 0.280 e. The van der Waals surface area contributed by atoms with Gasteiger partial charge >= 0.3 is 0 Å². The number of thiazole rings is 1. The normalized spacial score (nSPS) is 17.6. The fourth-order valence-electron chi connectivity index (χ4n) is 5.27. The fraction of sp³-hybridized carbons (Fsp3) is 0.414. The van der Waals surface area contributed by atoms with Gasteiger partial charge in [-0.1, -0.05) is 38.5 Å². The molecule has 0 spiro atoms. The largest absolute Gasteiger partial charge is 0.346 e. The third-order valence-electron chi connectivity index (χ3n) is 7.53. The quantitative estimate of drug-likeness (QED) is 0.374. The van der Waals surface area contributed by atoms with Crippen LogP contribution >= 0.6 is 11.3 Å². The van der Waals surface area contributed by atoms with Crippen LogP contribution < -0.4 is 5.32 Å². The molecule has 1 saturated carbocycles. The molecule has 10 heteroatoms. The van der Waals surface area contributed by atoms with Crippen LogP contribution in [0.25, 0.3) is 0 Å². The van der Waals surface area contributed by atoms with Crippen LogP contribution in [0.3, 0.4) is 0 Å². The molecule has 2 aromatic carbocycles. The summed E-state index contributed by atoms with van der Waals surface area (Å²) in [6, 6.07) is 13.3. The van der Waals surface area contributed by atoms with Crippen LogP contribution in [0.15, 0.2) is 47.4 Å². The fourth-order valence-corrected chi connectivity index (χ4v) is 8.01. The second-order valence-corrected chi connectivity index (χ2v) is 13.9. The first-order valence-electron chi connectivity index (χ1n) is 13.2. The van der Waals surface area contributed by atoms with E-state index in [0.29, 0.717) is 23.0 Å². The van der Waals surface area contributed by atoms with Crippen molar-refractivity contribution < 1.29 is 17.6 Å². The number of fused-ring (bicyclic) bond motifs is 1. The van der Waals surface area contributed by atoms with Gasteiger partial charge in [-0.25, -0.2) is 17.8 Å². The molecule has 1 fully saturated rings. The van der Waals surface area contributed by atoms with Crippen molar-refractivity contribution in [2.75, 3.05) is 5.75 Å². The Morgan fingerprint density at radius 3 is 2.54 bits per heavy atom. The number of aromatic nitrogens is 1. The Kier molecular flexibility index (Phi) is 7.85. The maximum absolute atomic E-state index is 14.1. The molecule has 204 valence electrons. The van der Waals surface area contributed by atoms with Gasteiger partial charge in [-0.2, -0.15) is 5.26 Å². The Bertz CT molecular complexity index is 1520. The maximum atomic E-state index is 14.1.